The van der Waals surface area contributed by atoms with E-state index in [2.05, 4.69) is 4.36 Å². The average Bonchev–Trinajstić information content (AvgIpc) is 2.71. The van der Waals surface area contributed by atoms with Gasteiger partial charge in [-0.3, -0.25) is 5.41 Å². The Bertz CT molecular complexity index is 1200. The summed E-state index contributed by atoms with van der Waals surface area (Å²) < 4.78 is 97.9. The molecule has 1 atom stereocenters. The Balaban J connectivity index is 2.84. The summed E-state index contributed by atoms with van der Waals surface area (Å²) in [6, 6.07) is 3.75. The van der Waals surface area contributed by atoms with Gasteiger partial charge in [0.15, 0.2) is 0 Å². The molecule has 0 amide bonds. The number of alkyl halides is 6. The van der Waals surface area contributed by atoms with Gasteiger partial charge < -0.3 is 4.90 Å². The second-order valence-electron chi connectivity index (χ2n) is 8.52. The monoisotopic (exact) mass is 541 g/mol. The molecule has 0 spiro atoms. The van der Waals surface area contributed by atoms with Crippen molar-refractivity contribution in [2.24, 2.45) is 10.3 Å². The van der Waals surface area contributed by atoms with Gasteiger partial charge >= 0.3 is 12.4 Å². The fourth-order valence-corrected chi connectivity index (χ4v) is 6.23. The highest BCUT2D eigenvalue weighted by Gasteiger charge is 2.37. The normalized spacial score (nSPS) is 14.1. The summed E-state index contributed by atoms with van der Waals surface area (Å²) in [7, 11) is -1.86. The SMILES string of the molecule is CCN(C)C(=N)c1cc(C)c(S(=O)(CC(C)C)=Nc2cc(C(F)(F)F)cc(C(F)(F)F)c2)cc1Cl. The van der Waals surface area contributed by atoms with Crippen LogP contribution in [0.1, 0.15) is 43.0 Å². The van der Waals surface area contributed by atoms with E-state index < -0.39 is 38.9 Å². The summed E-state index contributed by atoms with van der Waals surface area (Å²) in [5.74, 6) is -0.290. The number of nitrogens with one attached hydrogen (secondary N) is 1. The average molecular weight is 542 g/mol. The summed E-state index contributed by atoms with van der Waals surface area (Å²) in [6.07, 6.45) is -10.1. The third-order valence-corrected chi connectivity index (χ3v) is 8.17. The van der Waals surface area contributed by atoms with E-state index in [1.54, 1.807) is 32.7 Å². The van der Waals surface area contributed by atoms with Crippen molar-refractivity contribution in [3.8, 4) is 0 Å². The molecule has 0 aliphatic heterocycles. The first-order valence-corrected chi connectivity index (χ1v) is 12.6. The molecule has 4 nitrogen and oxygen atoms in total. The van der Waals surface area contributed by atoms with E-state index in [1.807, 2.05) is 6.92 Å². The third-order valence-electron chi connectivity index (χ3n) is 5.10. The van der Waals surface area contributed by atoms with Gasteiger partial charge in [-0.25, -0.2) is 4.21 Å². The summed E-state index contributed by atoms with van der Waals surface area (Å²) in [5.41, 5.74) is -3.04. The molecule has 35 heavy (non-hydrogen) atoms. The molecule has 194 valence electrons. The topological polar surface area (TPSA) is 56.5 Å². The van der Waals surface area contributed by atoms with Crippen molar-refractivity contribution < 1.29 is 30.6 Å². The highest BCUT2D eigenvalue weighted by atomic mass is 35.5. The molecule has 0 bridgehead atoms. The van der Waals surface area contributed by atoms with Gasteiger partial charge in [-0.15, -0.1) is 0 Å². The van der Waals surface area contributed by atoms with Gasteiger partial charge in [0.25, 0.3) is 0 Å². The van der Waals surface area contributed by atoms with Gasteiger partial charge in [0.1, 0.15) is 5.84 Å². The molecule has 1 N–H and O–H groups in total. The van der Waals surface area contributed by atoms with Crippen LogP contribution in [0.25, 0.3) is 0 Å². The molecule has 0 aromatic heterocycles. The third kappa shape index (κ3) is 6.91. The molecule has 0 saturated carbocycles. The zero-order valence-electron chi connectivity index (χ0n) is 19.7. The van der Waals surface area contributed by atoms with Crippen LogP contribution in [0.3, 0.4) is 0 Å². The van der Waals surface area contributed by atoms with E-state index in [4.69, 9.17) is 17.0 Å². The maximum absolute atomic E-state index is 14.1. The van der Waals surface area contributed by atoms with Gasteiger partial charge in [0.2, 0.25) is 0 Å². The number of halogens is 7. The number of rotatable bonds is 6. The minimum atomic E-state index is -5.06. The van der Waals surface area contributed by atoms with Crippen LogP contribution < -0.4 is 0 Å². The Morgan fingerprint density at radius 2 is 1.57 bits per heavy atom. The zero-order chi connectivity index (χ0) is 26.9. The Morgan fingerprint density at radius 1 is 1.06 bits per heavy atom. The lowest BCUT2D eigenvalue weighted by Crippen LogP contribution is -2.26. The van der Waals surface area contributed by atoms with Crippen LogP contribution in [-0.2, 0) is 22.1 Å². The highest BCUT2D eigenvalue weighted by molar-refractivity contribution is 7.93. The number of benzene rings is 2. The second-order valence-corrected chi connectivity index (χ2v) is 11.2. The fraction of sp³-hybridized carbons (Fsp3) is 0.435. The molecule has 0 saturated heterocycles. The first-order chi connectivity index (χ1) is 15.9. The van der Waals surface area contributed by atoms with Crippen LogP contribution in [0.5, 0.6) is 0 Å². The molecule has 1 unspecified atom stereocenters. The first-order valence-electron chi connectivity index (χ1n) is 10.5. The van der Waals surface area contributed by atoms with Crippen molar-refractivity contribution in [1.82, 2.24) is 4.90 Å². The molecule has 2 aromatic rings. The summed E-state index contributed by atoms with van der Waals surface area (Å²) in [5, 5.41) is 8.36. The molecular formula is C23H26ClF6N3OS. The predicted molar refractivity (Wildman–Crippen MR) is 126 cm³/mol. The van der Waals surface area contributed by atoms with Crippen LogP contribution in [0.2, 0.25) is 5.02 Å². The van der Waals surface area contributed by atoms with Gasteiger partial charge in [0.05, 0.1) is 36.5 Å². The predicted octanol–water partition coefficient (Wildman–Crippen LogP) is 7.78. The van der Waals surface area contributed by atoms with Crippen molar-refractivity contribution >= 4 is 32.9 Å². The van der Waals surface area contributed by atoms with Gasteiger partial charge in [-0.2, -0.15) is 30.7 Å². The molecule has 0 heterocycles. The number of hydrogen-bond donors (Lipinski definition) is 1. The molecule has 0 fully saturated rings. The number of amidine groups is 1. The van der Waals surface area contributed by atoms with Gasteiger partial charge in [-0.05, 0) is 55.7 Å². The van der Waals surface area contributed by atoms with Crippen molar-refractivity contribution in [3.63, 3.8) is 0 Å². The van der Waals surface area contributed by atoms with Crippen LogP contribution in [-0.4, -0.2) is 34.3 Å². The summed E-state index contributed by atoms with van der Waals surface area (Å²) >= 11 is 6.38. The van der Waals surface area contributed by atoms with E-state index in [1.165, 1.54) is 12.1 Å². The molecule has 2 rings (SSSR count). The van der Waals surface area contributed by atoms with Crippen LogP contribution >= 0.6 is 11.6 Å². The minimum absolute atomic E-state index is 0.00393. The Labute approximate surface area is 206 Å². The van der Waals surface area contributed by atoms with E-state index >= 15 is 0 Å². The van der Waals surface area contributed by atoms with Crippen molar-refractivity contribution in [2.75, 3.05) is 19.3 Å². The summed E-state index contributed by atoms with van der Waals surface area (Å²) in [4.78, 5) is 1.72. The Morgan fingerprint density at radius 3 is 2.00 bits per heavy atom. The van der Waals surface area contributed by atoms with E-state index in [0.717, 1.165) is 0 Å². The lowest BCUT2D eigenvalue weighted by Gasteiger charge is -2.21. The van der Waals surface area contributed by atoms with Crippen molar-refractivity contribution in [2.45, 2.75) is 44.9 Å². The number of nitrogens with zero attached hydrogens (tertiary/aromatic N) is 2. The lowest BCUT2D eigenvalue weighted by molar-refractivity contribution is -0.143. The molecule has 2 aromatic carbocycles. The van der Waals surface area contributed by atoms with E-state index in [0.29, 0.717) is 29.8 Å². The fourth-order valence-electron chi connectivity index (χ4n) is 3.34. The van der Waals surface area contributed by atoms with Crippen molar-refractivity contribution in [3.05, 3.63) is 57.6 Å². The summed E-state index contributed by atoms with van der Waals surface area (Å²) in [6.45, 7) is 7.35. The maximum Gasteiger partial charge on any atom is 0.416 e. The molecule has 0 aliphatic carbocycles. The number of aryl methyl sites for hydroxylation is 1. The van der Waals surface area contributed by atoms with E-state index in [-0.39, 0.29) is 33.5 Å². The van der Waals surface area contributed by atoms with E-state index in [9.17, 15) is 30.6 Å². The second kappa shape index (κ2) is 10.4. The minimum Gasteiger partial charge on any atom is -0.360 e. The standard InChI is InChI=1S/C23H26ClF6N3OS/c1-6-33(5)21(31)18-7-14(4)20(11-19(18)24)35(34,12-13(2)3)32-17-9-15(22(25,26)27)8-16(10-17)23(28,29)30/h7-11,13,31H,6,12H2,1-5H3. The first kappa shape index (κ1) is 29.0. The van der Waals surface area contributed by atoms with Crippen molar-refractivity contribution in [1.29, 1.82) is 5.41 Å². The van der Waals surface area contributed by atoms with Gasteiger partial charge in [0, 0.05) is 24.9 Å². The molecular weight excluding hydrogens is 516 g/mol. The molecule has 12 heteroatoms. The molecule has 0 aliphatic rings. The Hall–Kier alpha value is -2.27. The quantitative estimate of drug-likeness (QED) is 0.231. The highest BCUT2D eigenvalue weighted by Crippen LogP contribution is 2.39. The van der Waals surface area contributed by atoms with Crippen LogP contribution in [0.4, 0.5) is 32.0 Å². The van der Waals surface area contributed by atoms with Crippen LogP contribution in [0.15, 0.2) is 39.6 Å². The molecule has 0 radical (unpaired) electrons. The largest absolute Gasteiger partial charge is 0.416 e. The Kier molecular flexibility index (Phi) is 8.59. The maximum atomic E-state index is 14.1. The zero-order valence-corrected chi connectivity index (χ0v) is 21.3. The van der Waals surface area contributed by atoms with Gasteiger partial charge in [-0.1, -0.05) is 25.4 Å². The van der Waals surface area contributed by atoms with Crippen LogP contribution in [0, 0.1) is 18.3 Å². The number of hydrogen-bond acceptors (Lipinski definition) is 3. The smallest absolute Gasteiger partial charge is 0.360 e. The lowest BCUT2D eigenvalue weighted by atomic mass is 10.1.